The Labute approximate surface area is 104 Å². The summed E-state index contributed by atoms with van der Waals surface area (Å²) in [5.74, 6) is -0.545. The van der Waals surface area contributed by atoms with Crippen LogP contribution in [-0.2, 0) is 4.74 Å². The molecule has 1 N–H and O–H groups in total. The summed E-state index contributed by atoms with van der Waals surface area (Å²) in [7, 11) is 0. The Morgan fingerprint density at radius 3 is 2.86 bits per heavy atom. The van der Waals surface area contributed by atoms with Crippen molar-refractivity contribution < 1.29 is 14.6 Å². The molecule has 0 unspecified atom stereocenters. The van der Waals surface area contributed by atoms with E-state index in [4.69, 9.17) is 4.74 Å². The summed E-state index contributed by atoms with van der Waals surface area (Å²) in [6, 6.07) is 3.26. The quantitative estimate of drug-likeness (QED) is 0.643. The van der Waals surface area contributed by atoms with E-state index in [0.29, 0.717) is 10.2 Å². The summed E-state index contributed by atoms with van der Waals surface area (Å²) in [5.41, 5.74) is 0.186. The highest BCUT2D eigenvalue weighted by molar-refractivity contribution is 14.1. The molecule has 0 spiro atoms. The van der Waals surface area contributed by atoms with E-state index in [2.05, 4.69) is 15.9 Å². The third-order valence-corrected chi connectivity index (χ3v) is 2.80. The summed E-state index contributed by atoms with van der Waals surface area (Å²) in [6.45, 7) is 2.01. The molecule has 76 valence electrons. The zero-order chi connectivity index (χ0) is 10.7. The minimum Gasteiger partial charge on any atom is -0.506 e. The Hall–Kier alpha value is -0.300. The van der Waals surface area contributed by atoms with Crippen LogP contribution >= 0.6 is 38.5 Å². The number of aromatic hydroxyl groups is 1. The zero-order valence-corrected chi connectivity index (χ0v) is 11.1. The third-order valence-electron chi connectivity index (χ3n) is 1.52. The molecule has 0 saturated heterocycles. The van der Waals surface area contributed by atoms with Crippen LogP contribution in [0.1, 0.15) is 17.3 Å². The number of esters is 1. The van der Waals surface area contributed by atoms with Crippen LogP contribution in [0.25, 0.3) is 0 Å². The second kappa shape index (κ2) is 4.97. The maximum absolute atomic E-state index is 11.4. The number of benzene rings is 1. The van der Waals surface area contributed by atoms with Gasteiger partial charge in [-0.15, -0.1) is 0 Å². The lowest BCUT2D eigenvalue weighted by atomic mass is 10.2. The maximum Gasteiger partial charge on any atom is 0.341 e. The normalized spacial score (nSPS) is 9.93. The standard InChI is InChI=1S/C9H8BrIO3/c1-2-14-9(13)6-3-5(10)4-7(11)8(6)12/h3-4,12H,2H2,1H3. The van der Waals surface area contributed by atoms with Crippen molar-refractivity contribution in [1.29, 1.82) is 0 Å². The molecule has 0 saturated carbocycles. The van der Waals surface area contributed by atoms with Gasteiger partial charge in [-0.25, -0.2) is 4.79 Å². The van der Waals surface area contributed by atoms with Crippen LogP contribution in [0.3, 0.4) is 0 Å². The Balaban J connectivity index is 3.13. The number of ether oxygens (including phenoxy) is 1. The van der Waals surface area contributed by atoms with Gasteiger partial charge in [0, 0.05) is 4.47 Å². The van der Waals surface area contributed by atoms with Gasteiger partial charge in [0.15, 0.2) is 0 Å². The van der Waals surface area contributed by atoms with Gasteiger partial charge in [0.25, 0.3) is 0 Å². The van der Waals surface area contributed by atoms with Crippen LogP contribution in [0.5, 0.6) is 5.75 Å². The first-order valence-electron chi connectivity index (χ1n) is 3.91. The Bertz CT molecular complexity index is 365. The molecular formula is C9H8BrIO3. The van der Waals surface area contributed by atoms with Crippen molar-refractivity contribution in [2.24, 2.45) is 0 Å². The smallest absolute Gasteiger partial charge is 0.341 e. The van der Waals surface area contributed by atoms with Crippen LogP contribution < -0.4 is 0 Å². The number of hydrogen-bond donors (Lipinski definition) is 1. The van der Waals surface area contributed by atoms with Gasteiger partial charge in [0.1, 0.15) is 11.3 Å². The minimum atomic E-state index is -0.510. The van der Waals surface area contributed by atoms with E-state index in [1.54, 1.807) is 13.0 Å². The van der Waals surface area contributed by atoms with Gasteiger partial charge in [-0.1, -0.05) is 15.9 Å². The second-order valence-electron chi connectivity index (χ2n) is 2.50. The van der Waals surface area contributed by atoms with E-state index in [9.17, 15) is 9.90 Å². The first-order valence-corrected chi connectivity index (χ1v) is 5.78. The van der Waals surface area contributed by atoms with E-state index in [-0.39, 0.29) is 11.3 Å². The van der Waals surface area contributed by atoms with E-state index < -0.39 is 5.97 Å². The molecule has 0 aromatic heterocycles. The van der Waals surface area contributed by atoms with Crippen LogP contribution in [-0.4, -0.2) is 17.7 Å². The van der Waals surface area contributed by atoms with Gasteiger partial charge >= 0.3 is 5.97 Å². The lowest BCUT2D eigenvalue weighted by Gasteiger charge is -2.06. The SMILES string of the molecule is CCOC(=O)c1cc(Br)cc(I)c1O. The van der Waals surface area contributed by atoms with Crippen LogP contribution in [0.2, 0.25) is 0 Å². The number of carbonyl (C=O) groups excluding carboxylic acids is 1. The molecule has 1 aromatic carbocycles. The number of phenols is 1. The summed E-state index contributed by atoms with van der Waals surface area (Å²) in [6.07, 6.45) is 0. The van der Waals surface area contributed by atoms with E-state index >= 15 is 0 Å². The first-order chi connectivity index (χ1) is 6.56. The van der Waals surface area contributed by atoms with Crippen molar-refractivity contribution in [2.75, 3.05) is 6.61 Å². The fourth-order valence-electron chi connectivity index (χ4n) is 0.930. The van der Waals surface area contributed by atoms with E-state index in [0.717, 1.165) is 4.47 Å². The number of hydrogen-bond acceptors (Lipinski definition) is 3. The van der Waals surface area contributed by atoms with Crippen molar-refractivity contribution in [3.63, 3.8) is 0 Å². The fraction of sp³-hybridized carbons (Fsp3) is 0.222. The molecule has 0 heterocycles. The van der Waals surface area contributed by atoms with Crippen molar-refractivity contribution in [3.8, 4) is 5.75 Å². The van der Waals surface area contributed by atoms with Crippen molar-refractivity contribution in [2.45, 2.75) is 6.92 Å². The van der Waals surface area contributed by atoms with Crippen molar-refractivity contribution >= 4 is 44.5 Å². The summed E-state index contributed by atoms with van der Waals surface area (Å²) in [5, 5.41) is 9.59. The van der Waals surface area contributed by atoms with Crippen LogP contribution in [0, 0.1) is 3.57 Å². The molecule has 0 aliphatic heterocycles. The lowest BCUT2D eigenvalue weighted by molar-refractivity contribution is 0.0523. The van der Waals surface area contributed by atoms with Crippen LogP contribution in [0.4, 0.5) is 0 Å². The predicted octanol–water partition coefficient (Wildman–Crippen LogP) is 2.94. The molecule has 1 rings (SSSR count). The van der Waals surface area contributed by atoms with Gasteiger partial charge < -0.3 is 9.84 Å². The van der Waals surface area contributed by atoms with Crippen molar-refractivity contribution in [3.05, 3.63) is 25.7 Å². The molecule has 0 atom stereocenters. The zero-order valence-electron chi connectivity index (χ0n) is 7.38. The number of phenolic OH excluding ortho intramolecular Hbond substituents is 1. The van der Waals surface area contributed by atoms with Gasteiger partial charge in [-0.2, -0.15) is 0 Å². The van der Waals surface area contributed by atoms with E-state index in [1.807, 2.05) is 22.6 Å². The average Bonchev–Trinajstić information content (AvgIpc) is 2.11. The summed E-state index contributed by atoms with van der Waals surface area (Å²) >= 11 is 5.19. The Morgan fingerprint density at radius 1 is 1.64 bits per heavy atom. The first kappa shape index (κ1) is 11.8. The number of rotatable bonds is 2. The topological polar surface area (TPSA) is 46.5 Å². The van der Waals surface area contributed by atoms with Gasteiger partial charge in [0.05, 0.1) is 10.2 Å². The average molecular weight is 371 g/mol. The summed E-state index contributed by atoms with van der Waals surface area (Å²) < 4.78 is 6.15. The van der Waals surface area contributed by atoms with Crippen LogP contribution in [0.15, 0.2) is 16.6 Å². The molecule has 0 aliphatic rings. The predicted molar refractivity (Wildman–Crippen MR) is 64.5 cm³/mol. The lowest BCUT2D eigenvalue weighted by Crippen LogP contribution is -2.05. The number of carbonyl (C=O) groups is 1. The Morgan fingerprint density at radius 2 is 2.29 bits per heavy atom. The van der Waals surface area contributed by atoms with Gasteiger partial charge in [-0.3, -0.25) is 0 Å². The third kappa shape index (κ3) is 2.60. The monoisotopic (exact) mass is 370 g/mol. The second-order valence-corrected chi connectivity index (χ2v) is 4.58. The minimum absolute atomic E-state index is 0.0350. The highest BCUT2D eigenvalue weighted by Gasteiger charge is 2.15. The molecule has 1 aromatic rings. The molecule has 14 heavy (non-hydrogen) atoms. The molecule has 3 nitrogen and oxygen atoms in total. The molecule has 0 bridgehead atoms. The van der Waals surface area contributed by atoms with Crippen molar-refractivity contribution in [1.82, 2.24) is 0 Å². The summed E-state index contributed by atoms with van der Waals surface area (Å²) in [4.78, 5) is 11.4. The fourth-order valence-corrected chi connectivity index (χ4v) is 2.44. The maximum atomic E-state index is 11.4. The van der Waals surface area contributed by atoms with E-state index in [1.165, 1.54) is 6.07 Å². The largest absolute Gasteiger partial charge is 0.506 e. The molecule has 0 aliphatic carbocycles. The molecule has 5 heteroatoms. The highest BCUT2D eigenvalue weighted by atomic mass is 127. The molecule has 0 radical (unpaired) electrons. The number of halogens is 2. The molecule has 0 fully saturated rings. The van der Waals surface area contributed by atoms with Gasteiger partial charge in [0.2, 0.25) is 0 Å². The molecular weight excluding hydrogens is 363 g/mol. The highest BCUT2D eigenvalue weighted by Crippen LogP contribution is 2.28. The Kier molecular flexibility index (Phi) is 4.18. The van der Waals surface area contributed by atoms with Gasteiger partial charge in [-0.05, 0) is 41.6 Å². The molecule has 0 amide bonds.